The molecule has 3 rings (SSSR count). The number of carbonyl (C=O) groups excluding carboxylic acids is 1. The highest BCUT2D eigenvalue weighted by Crippen LogP contribution is 2.35. The average molecular weight is 400 g/mol. The fourth-order valence-electron chi connectivity index (χ4n) is 3.14. The number of hydrogen-bond acceptors (Lipinski definition) is 7. The first-order valence-corrected chi connectivity index (χ1v) is 10.0. The minimum Gasteiger partial charge on any atom is -0.493 e. The van der Waals surface area contributed by atoms with Crippen LogP contribution in [0.15, 0.2) is 47.5 Å². The number of anilines is 1. The highest BCUT2D eigenvalue weighted by Gasteiger charge is 2.29. The van der Waals surface area contributed by atoms with Gasteiger partial charge in [0.15, 0.2) is 22.4 Å². The lowest BCUT2D eigenvalue weighted by atomic mass is 9.89. The van der Waals surface area contributed by atoms with E-state index in [1.54, 1.807) is 38.1 Å². The van der Waals surface area contributed by atoms with E-state index in [4.69, 9.17) is 15.2 Å². The van der Waals surface area contributed by atoms with Gasteiger partial charge in [-0.1, -0.05) is 36.0 Å². The quantitative estimate of drug-likeness (QED) is 0.691. The predicted molar refractivity (Wildman–Crippen MR) is 115 cm³/mol. The summed E-state index contributed by atoms with van der Waals surface area (Å²) in [5.74, 6) is 2.21. The number of thioether (sulfide) groups is 1. The molecule has 6 nitrogen and oxygen atoms in total. The van der Waals surface area contributed by atoms with E-state index in [1.165, 1.54) is 0 Å². The molecule has 0 fully saturated rings. The predicted octanol–water partition coefficient (Wildman–Crippen LogP) is 3.67. The van der Waals surface area contributed by atoms with Gasteiger partial charge in [0, 0.05) is 23.1 Å². The Balaban J connectivity index is 1.66. The van der Waals surface area contributed by atoms with Crippen LogP contribution in [0.25, 0.3) is 0 Å². The number of nitrogens with zero attached hydrogens (tertiary/aromatic N) is 1. The van der Waals surface area contributed by atoms with Crippen molar-refractivity contribution in [1.29, 1.82) is 0 Å². The molecule has 0 bridgehead atoms. The third-order valence-corrected chi connectivity index (χ3v) is 5.66. The van der Waals surface area contributed by atoms with Crippen LogP contribution < -0.4 is 20.5 Å². The Morgan fingerprint density at radius 3 is 2.54 bits per heavy atom. The van der Waals surface area contributed by atoms with Crippen LogP contribution in [0.4, 0.5) is 5.69 Å². The summed E-state index contributed by atoms with van der Waals surface area (Å²) in [5, 5.41) is 3.75. The zero-order valence-electron chi connectivity index (χ0n) is 16.3. The lowest BCUT2D eigenvalue weighted by Crippen LogP contribution is -2.28. The Labute approximate surface area is 169 Å². The summed E-state index contributed by atoms with van der Waals surface area (Å²) in [6, 6.07) is 13.1. The van der Waals surface area contributed by atoms with Gasteiger partial charge in [-0.05, 0) is 31.0 Å². The Morgan fingerprint density at radius 1 is 1.18 bits per heavy atom. The van der Waals surface area contributed by atoms with Gasteiger partial charge in [-0.3, -0.25) is 9.79 Å². The first-order chi connectivity index (χ1) is 13.4. The van der Waals surface area contributed by atoms with Gasteiger partial charge < -0.3 is 20.5 Å². The van der Waals surface area contributed by atoms with Crippen LogP contribution in [0.2, 0.25) is 0 Å². The van der Waals surface area contributed by atoms with E-state index in [-0.39, 0.29) is 17.9 Å². The molecule has 0 saturated carbocycles. The van der Waals surface area contributed by atoms with Gasteiger partial charge in [0.2, 0.25) is 0 Å². The van der Waals surface area contributed by atoms with Crippen molar-refractivity contribution in [2.75, 3.05) is 31.8 Å². The highest BCUT2D eigenvalue weighted by molar-refractivity contribution is 8.13. The van der Waals surface area contributed by atoms with Crippen LogP contribution in [-0.2, 0) is 5.54 Å². The fraction of sp³-hybridized carbons (Fsp3) is 0.333. The number of nitrogens with one attached hydrogen (secondary N) is 1. The number of carbonyl (C=O) groups is 1. The van der Waals surface area contributed by atoms with E-state index < -0.39 is 0 Å². The molecule has 0 saturated heterocycles. The van der Waals surface area contributed by atoms with E-state index >= 15 is 0 Å². The van der Waals surface area contributed by atoms with Crippen molar-refractivity contribution in [3.63, 3.8) is 0 Å². The lowest BCUT2D eigenvalue weighted by molar-refractivity contribution is 0.101. The minimum absolute atomic E-state index is 0.00806. The van der Waals surface area contributed by atoms with E-state index in [0.717, 1.165) is 23.4 Å². The zero-order valence-corrected chi connectivity index (χ0v) is 17.1. The number of methoxy groups -OCH3 is 2. The average Bonchev–Trinajstić information content (AvgIpc) is 2.71. The van der Waals surface area contributed by atoms with Gasteiger partial charge in [0.1, 0.15) is 0 Å². The monoisotopic (exact) mass is 399 g/mol. The van der Waals surface area contributed by atoms with Gasteiger partial charge >= 0.3 is 0 Å². The molecule has 148 valence electrons. The molecule has 0 spiro atoms. The fourth-order valence-corrected chi connectivity index (χ4v) is 4.12. The molecule has 0 radical (unpaired) electrons. The molecule has 0 aromatic heterocycles. The van der Waals surface area contributed by atoms with Gasteiger partial charge in [-0.25, -0.2) is 0 Å². The standard InChI is InChI=1S/C21H25N3O3S/c1-21(10-11-28-20(22)24-21)15-6-4-14(5-7-15)17(25)13-23-16-8-9-18(26-2)19(12-16)27-3/h4-9,12,23H,10-11,13H2,1-3H3,(H2,22,24). The number of ketones is 1. The summed E-state index contributed by atoms with van der Waals surface area (Å²) >= 11 is 1.58. The van der Waals surface area contributed by atoms with Crippen molar-refractivity contribution in [3.05, 3.63) is 53.6 Å². The number of aliphatic imine (C=N–C) groups is 1. The first kappa shape index (κ1) is 20.1. The van der Waals surface area contributed by atoms with Crippen LogP contribution in [0.1, 0.15) is 29.3 Å². The third-order valence-electron chi connectivity index (χ3n) is 4.86. The van der Waals surface area contributed by atoms with Crippen LogP contribution in [0.3, 0.4) is 0 Å². The van der Waals surface area contributed by atoms with Crippen molar-refractivity contribution in [2.24, 2.45) is 10.7 Å². The summed E-state index contributed by atoms with van der Waals surface area (Å²) in [6.07, 6.45) is 0.923. The van der Waals surface area contributed by atoms with Gasteiger partial charge in [-0.2, -0.15) is 0 Å². The Bertz CT molecular complexity index is 883. The number of hydrogen-bond donors (Lipinski definition) is 2. The second-order valence-corrected chi connectivity index (χ2v) is 7.86. The topological polar surface area (TPSA) is 85.9 Å². The molecule has 0 amide bonds. The molecule has 1 aliphatic heterocycles. The summed E-state index contributed by atoms with van der Waals surface area (Å²) in [7, 11) is 3.17. The molecular weight excluding hydrogens is 374 g/mol. The molecule has 1 aliphatic rings. The molecule has 2 aromatic rings. The number of benzene rings is 2. The number of amidine groups is 1. The first-order valence-electron chi connectivity index (χ1n) is 9.03. The van der Waals surface area contributed by atoms with Crippen LogP contribution in [0, 0.1) is 0 Å². The molecule has 7 heteroatoms. The number of Topliss-reactive ketones (excluding diaryl/α,β-unsaturated/α-hetero) is 1. The third kappa shape index (κ3) is 4.42. The largest absolute Gasteiger partial charge is 0.493 e. The van der Waals surface area contributed by atoms with Gasteiger partial charge in [-0.15, -0.1) is 0 Å². The van der Waals surface area contributed by atoms with E-state index in [2.05, 4.69) is 17.2 Å². The SMILES string of the molecule is COc1ccc(NCC(=O)c2ccc(C3(C)CCSC(N)=N3)cc2)cc1OC. The molecule has 2 aromatic carbocycles. The van der Waals surface area contributed by atoms with Crippen molar-refractivity contribution in [2.45, 2.75) is 18.9 Å². The summed E-state index contributed by atoms with van der Waals surface area (Å²) in [5.41, 5.74) is 8.08. The van der Waals surface area contributed by atoms with Crippen LogP contribution in [0.5, 0.6) is 11.5 Å². The number of ether oxygens (including phenoxy) is 2. The lowest BCUT2D eigenvalue weighted by Gasteiger charge is -2.29. The second-order valence-electron chi connectivity index (χ2n) is 6.75. The maximum atomic E-state index is 12.5. The maximum Gasteiger partial charge on any atom is 0.181 e. The van der Waals surface area contributed by atoms with E-state index in [0.29, 0.717) is 22.2 Å². The molecule has 1 unspecified atom stereocenters. The molecule has 28 heavy (non-hydrogen) atoms. The van der Waals surface area contributed by atoms with Crippen molar-refractivity contribution < 1.29 is 14.3 Å². The van der Waals surface area contributed by atoms with Crippen molar-refractivity contribution in [1.82, 2.24) is 0 Å². The van der Waals surface area contributed by atoms with Crippen LogP contribution in [-0.4, -0.2) is 37.5 Å². The highest BCUT2D eigenvalue weighted by atomic mass is 32.2. The summed E-state index contributed by atoms with van der Waals surface area (Å²) in [6.45, 7) is 2.27. The summed E-state index contributed by atoms with van der Waals surface area (Å²) in [4.78, 5) is 17.1. The van der Waals surface area contributed by atoms with E-state index in [1.807, 2.05) is 30.3 Å². The van der Waals surface area contributed by atoms with Crippen molar-refractivity contribution in [3.8, 4) is 11.5 Å². The number of rotatable bonds is 7. The Hall–Kier alpha value is -2.67. The van der Waals surface area contributed by atoms with E-state index in [9.17, 15) is 4.79 Å². The van der Waals surface area contributed by atoms with Gasteiger partial charge in [0.25, 0.3) is 0 Å². The molecule has 0 aliphatic carbocycles. The summed E-state index contributed by atoms with van der Waals surface area (Å²) < 4.78 is 10.5. The maximum absolute atomic E-state index is 12.5. The molecule has 1 heterocycles. The second kappa shape index (κ2) is 8.56. The normalized spacial score (nSPS) is 18.9. The number of nitrogens with two attached hydrogens (primary N) is 1. The molecule has 3 N–H and O–H groups in total. The van der Waals surface area contributed by atoms with Crippen LogP contribution >= 0.6 is 11.8 Å². The Morgan fingerprint density at radius 2 is 1.89 bits per heavy atom. The van der Waals surface area contributed by atoms with Crippen molar-refractivity contribution >= 4 is 28.4 Å². The molecule has 1 atom stereocenters. The smallest absolute Gasteiger partial charge is 0.181 e. The van der Waals surface area contributed by atoms with Gasteiger partial charge in [0.05, 0.1) is 26.3 Å². The molecular formula is C21H25N3O3S. The minimum atomic E-state index is -0.325. The zero-order chi connectivity index (χ0) is 20.1. The Kier molecular flexibility index (Phi) is 6.14.